The van der Waals surface area contributed by atoms with Crippen molar-refractivity contribution >= 4 is 11.6 Å². The SMILES string of the molecule is CCCCOC(C)(C)C(=O)c1c(O)cccc1C(=O)CC. The van der Waals surface area contributed by atoms with E-state index in [-0.39, 0.29) is 34.9 Å². The number of carbonyl (C=O) groups is 2. The lowest BCUT2D eigenvalue weighted by Crippen LogP contribution is -2.36. The van der Waals surface area contributed by atoms with Gasteiger partial charge in [0.25, 0.3) is 0 Å². The number of rotatable bonds is 8. The first-order chi connectivity index (χ1) is 9.85. The number of phenols is 1. The molecule has 0 aliphatic carbocycles. The van der Waals surface area contributed by atoms with Gasteiger partial charge in [-0.05, 0) is 26.3 Å². The molecule has 1 N–H and O–H groups in total. The van der Waals surface area contributed by atoms with Crippen molar-refractivity contribution in [3.05, 3.63) is 29.3 Å². The molecule has 1 rings (SSSR count). The zero-order valence-electron chi connectivity index (χ0n) is 13.2. The van der Waals surface area contributed by atoms with Crippen LogP contribution in [-0.4, -0.2) is 28.9 Å². The van der Waals surface area contributed by atoms with Crippen molar-refractivity contribution in [1.82, 2.24) is 0 Å². The normalized spacial score (nSPS) is 11.4. The highest BCUT2D eigenvalue weighted by Crippen LogP contribution is 2.28. The van der Waals surface area contributed by atoms with Crippen molar-refractivity contribution in [2.24, 2.45) is 0 Å². The smallest absolute Gasteiger partial charge is 0.198 e. The maximum Gasteiger partial charge on any atom is 0.198 e. The Hall–Kier alpha value is -1.68. The van der Waals surface area contributed by atoms with E-state index >= 15 is 0 Å². The second kappa shape index (κ2) is 7.36. The van der Waals surface area contributed by atoms with Gasteiger partial charge in [0.2, 0.25) is 0 Å². The van der Waals surface area contributed by atoms with Gasteiger partial charge in [-0.3, -0.25) is 9.59 Å². The van der Waals surface area contributed by atoms with Gasteiger partial charge >= 0.3 is 0 Å². The van der Waals surface area contributed by atoms with E-state index in [4.69, 9.17) is 4.74 Å². The molecule has 0 aliphatic heterocycles. The summed E-state index contributed by atoms with van der Waals surface area (Å²) < 4.78 is 5.64. The molecule has 0 fully saturated rings. The van der Waals surface area contributed by atoms with Gasteiger partial charge in [0.15, 0.2) is 11.6 Å². The Labute approximate surface area is 126 Å². The van der Waals surface area contributed by atoms with Gasteiger partial charge in [-0.25, -0.2) is 0 Å². The standard InChI is InChI=1S/C17H24O4/c1-5-7-11-21-17(3,4)16(20)15-12(13(18)6-2)9-8-10-14(15)19/h8-10,19H,5-7,11H2,1-4H3. The zero-order chi connectivity index (χ0) is 16.0. The van der Waals surface area contributed by atoms with E-state index in [1.807, 2.05) is 6.92 Å². The number of hydrogen-bond donors (Lipinski definition) is 1. The molecular formula is C17H24O4. The van der Waals surface area contributed by atoms with Crippen molar-refractivity contribution in [2.45, 2.75) is 52.6 Å². The van der Waals surface area contributed by atoms with Crippen LogP contribution in [-0.2, 0) is 4.74 Å². The van der Waals surface area contributed by atoms with Crippen LogP contribution < -0.4 is 0 Å². The highest BCUT2D eigenvalue weighted by Gasteiger charge is 2.33. The largest absolute Gasteiger partial charge is 0.507 e. The summed E-state index contributed by atoms with van der Waals surface area (Å²) in [5.74, 6) is -0.710. The van der Waals surface area contributed by atoms with Gasteiger partial charge in [0, 0.05) is 18.6 Å². The number of carbonyl (C=O) groups excluding carboxylic acids is 2. The van der Waals surface area contributed by atoms with Crippen LogP contribution in [0.25, 0.3) is 0 Å². The zero-order valence-corrected chi connectivity index (χ0v) is 13.2. The maximum absolute atomic E-state index is 12.7. The van der Waals surface area contributed by atoms with Gasteiger partial charge in [0.1, 0.15) is 11.4 Å². The lowest BCUT2D eigenvalue weighted by molar-refractivity contribution is -0.00569. The molecule has 0 amide bonds. The molecule has 0 spiro atoms. The fourth-order valence-electron chi connectivity index (χ4n) is 2.04. The van der Waals surface area contributed by atoms with Crippen LogP contribution in [0.3, 0.4) is 0 Å². The number of hydrogen-bond acceptors (Lipinski definition) is 4. The molecule has 21 heavy (non-hydrogen) atoms. The lowest BCUT2D eigenvalue weighted by atomic mass is 9.90. The fraction of sp³-hybridized carbons (Fsp3) is 0.529. The number of phenolic OH excluding ortho intramolecular Hbond substituents is 1. The number of ether oxygens (including phenoxy) is 1. The first-order valence-corrected chi connectivity index (χ1v) is 7.39. The quantitative estimate of drug-likeness (QED) is 0.585. The van der Waals surface area contributed by atoms with Crippen molar-refractivity contribution in [3.63, 3.8) is 0 Å². The van der Waals surface area contributed by atoms with Gasteiger partial charge in [-0.2, -0.15) is 0 Å². The Balaban J connectivity index is 3.14. The molecule has 1 aromatic carbocycles. The summed E-state index contributed by atoms with van der Waals surface area (Å²) >= 11 is 0. The van der Waals surface area contributed by atoms with E-state index in [9.17, 15) is 14.7 Å². The average molecular weight is 292 g/mol. The predicted molar refractivity (Wildman–Crippen MR) is 82.0 cm³/mol. The van der Waals surface area contributed by atoms with Crippen LogP contribution in [0.15, 0.2) is 18.2 Å². The van der Waals surface area contributed by atoms with Crippen LogP contribution in [0.2, 0.25) is 0 Å². The molecule has 0 heterocycles. The van der Waals surface area contributed by atoms with E-state index in [1.54, 1.807) is 32.9 Å². The van der Waals surface area contributed by atoms with Crippen LogP contribution in [0.5, 0.6) is 5.75 Å². The minimum Gasteiger partial charge on any atom is -0.507 e. The number of aromatic hydroxyl groups is 1. The van der Waals surface area contributed by atoms with Crippen molar-refractivity contribution in [2.75, 3.05) is 6.61 Å². The van der Waals surface area contributed by atoms with E-state index < -0.39 is 5.60 Å². The number of Topliss-reactive ketones (excluding diaryl/α,β-unsaturated/α-hetero) is 2. The van der Waals surface area contributed by atoms with Crippen LogP contribution in [0, 0.1) is 0 Å². The molecule has 1 aromatic rings. The predicted octanol–water partition coefficient (Wildman–Crippen LogP) is 3.76. The average Bonchev–Trinajstić information content (AvgIpc) is 2.45. The fourth-order valence-corrected chi connectivity index (χ4v) is 2.04. The minimum absolute atomic E-state index is 0.0610. The lowest BCUT2D eigenvalue weighted by Gasteiger charge is -2.25. The molecule has 4 nitrogen and oxygen atoms in total. The summed E-state index contributed by atoms with van der Waals surface area (Å²) in [6.07, 6.45) is 2.11. The summed E-state index contributed by atoms with van der Waals surface area (Å²) in [5, 5.41) is 10.0. The third-order valence-electron chi connectivity index (χ3n) is 3.40. The summed E-state index contributed by atoms with van der Waals surface area (Å²) in [5.41, 5.74) is -0.753. The molecule has 0 aromatic heterocycles. The summed E-state index contributed by atoms with van der Waals surface area (Å²) in [4.78, 5) is 24.7. The van der Waals surface area contributed by atoms with Gasteiger partial charge in [-0.1, -0.05) is 32.4 Å². The molecule has 0 unspecified atom stereocenters. The minimum atomic E-state index is -1.07. The first kappa shape index (κ1) is 17.4. The molecule has 4 heteroatoms. The second-order valence-corrected chi connectivity index (χ2v) is 5.52. The monoisotopic (exact) mass is 292 g/mol. The highest BCUT2D eigenvalue weighted by molar-refractivity contribution is 6.13. The van der Waals surface area contributed by atoms with Crippen LogP contribution in [0.4, 0.5) is 0 Å². The third-order valence-corrected chi connectivity index (χ3v) is 3.40. The number of ketones is 2. The van der Waals surface area contributed by atoms with E-state index in [0.717, 1.165) is 12.8 Å². The topological polar surface area (TPSA) is 63.6 Å². The van der Waals surface area contributed by atoms with E-state index in [0.29, 0.717) is 6.61 Å². The summed E-state index contributed by atoms with van der Waals surface area (Å²) in [7, 11) is 0. The Kier molecular flexibility index (Phi) is 6.09. The number of unbranched alkanes of at least 4 members (excludes halogenated alkanes) is 1. The molecule has 0 radical (unpaired) electrons. The van der Waals surface area contributed by atoms with Gasteiger partial charge < -0.3 is 9.84 Å². The van der Waals surface area contributed by atoms with Crippen molar-refractivity contribution < 1.29 is 19.4 Å². The van der Waals surface area contributed by atoms with Gasteiger partial charge in [-0.15, -0.1) is 0 Å². The van der Waals surface area contributed by atoms with E-state index in [1.165, 1.54) is 6.07 Å². The molecule has 0 saturated carbocycles. The Morgan fingerprint density at radius 1 is 1.24 bits per heavy atom. The molecule has 0 saturated heterocycles. The molecule has 116 valence electrons. The second-order valence-electron chi connectivity index (χ2n) is 5.52. The molecular weight excluding hydrogens is 268 g/mol. The molecule has 0 bridgehead atoms. The summed E-state index contributed by atoms with van der Waals surface area (Å²) in [6.45, 7) is 7.57. The number of benzene rings is 1. The first-order valence-electron chi connectivity index (χ1n) is 7.39. The van der Waals surface area contributed by atoms with Gasteiger partial charge in [0.05, 0.1) is 5.56 Å². The third kappa shape index (κ3) is 4.14. The maximum atomic E-state index is 12.7. The Morgan fingerprint density at radius 3 is 2.48 bits per heavy atom. The van der Waals surface area contributed by atoms with Crippen molar-refractivity contribution in [1.29, 1.82) is 0 Å². The van der Waals surface area contributed by atoms with E-state index in [2.05, 4.69) is 0 Å². The highest BCUT2D eigenvalue weighted by atomic mass is 16.5. The van der Waals surface area contributed by atoms with Crippen LogP contribution >= 0.6 is 0 Å². The van der Waals surface area contributed by atoms with Crippen LogP contribution in [0.1, 0.15) is 67.7 Å². The molecule has 0 atom stereocenters. The Morgan fingerprint density at radius 2 is 1.90 bits per heavy atom. The Bertz CT molecular complexity index is 518. The molecule has 0 aliphatic rings. The summed E-state index contributed by atoms with van der Waals surface area (Å²) in [6, 6.07) is 4.56. The van der Waals surface area contributed by atoms with Crippen molar-refractivity contribution in [3.8, 4) is 5.75 Å².